The summed E-state index contributed by atoms with van der Waals surface area (Å²) >= 11 is 11.5. The van der Waals surface area contributed by atoms with E-state index in [0.717, 1.165) is 17.4 Å². The van der Waals surface area contributed by atoms with Crippen molar-refractivity contribution in [3.05, 3.63) is 52.1 Å². The lowest BCUT2D eigenvalue weighted by Gasteiger charge is -2.19. The second kappa shape index (κ2) is 7.72. The molecule has 1 N–H and O–H groups in total. The lowest BCUT2D eigenvalue weighted by Crippen LogP contribution is -2.22. The molecule has 0 aliphatic heterocycles. The molecular weight excluding hydrogens is 513 g/mol. The SMILES string of the molecule is CCCNC(c1cc(C)c(Br)s1)c1cc(I)ccc1Br. The molecule has 1 aromatic heterocycles. The van der Waals surface area contributed by atoms with Gasteiger partial charge in [-0.15, -0.1) is 11.3 Å². The Morgan fingerprint density at radius 1 is 1.30 bits per heavy atom. The quantitative estimate of drug-likeness (QED) is 0.451. The van der Waals surface area contributed by atoms with Crippen LogP contribution >= 0.6 is 65.8 Å². The molecule has 0 fully saturated rings. The molecule has 0 spiro atoms. The van der Waals surface area contributed by atoms with Crippen molar-refractivity contribution in [2.75, 3.05) is 6.54 Å². The zero-order valence-corrected chi connectivity index (χ0v) is 17.5. The minimum atomic E-state index is 0.244. The Bertz CT molecular complexity index is 578. The smallest absolute Gasteiger partial charge is 0.0731 e. The third-order valence-electron chi connectivity index (χ3n) is 3.03. The summed E-state index contributed by atoms with van der Waals surface area (Å²) in [6.07, 6.45) is 1.13. The third-order valence-corrected chi connectivity index (χ3v) is 6.62. The summed E-state index contributed by atoms with van der Waals surface area (Å²) < 4.78 is 3.64. The first-order valence-electron chi connectivity index (χ1n) is 6.47. The summed E-state index contributed by atoms with van der Waals surface area (Å²) in [6.45, 7) is 5.35. The molecule has 0 aliphatic carbocycles. The Morgan fingerprint density at radius 2 is 2.05 bits per heavy atom. The number of hydrogen-bond acceptors (Lipinski definition) is 2. The van der Waals surface area contributed by atoms with E-state index in [-0.39, 0.29) is 6.04 Å². The first-order chi connectivity index (χ1) is 9.52. The second-order valence-corrected chi connectivity index (χ2v) is 9.16. The Morgan fingerprint density at radius 3 is 2.65 bits per heavy atom. The van der Waals surface area contributed by atoms with Crippen molar-refractivity contribution in [3.63, 3.8) is 0 Å². The van der Waals surface area contributed by atoms with Crippen molar-refractivity contribution >= 4 is 65.8 Å². The standard InChI is InChI=1S/C15H16Br2INS/c1-3-6-19-14(13-7-9(2)15(17)20-13)11-8-10(18)4-5-12(11)16/h4-5,7-8,14,19H,3,6H2,1-2H3. The fourth-order valence-electron chi connectivity index (χ4n) is 2.01. The van der Waals surface area contributed by atoms with E-state index in [0.29, 0.717) is 0 Å². The summed E-state index contributed by atoms with van der Waals surface area (Å²) in [5, 5.41) is 3.67. The Kier molecular flexibility index (Phi) is 6.53. The van der Waals surface area contributed by atoms with Crippen LogP contribution in [0.1, 0.15) is 35.4 Å². The number of thiophene rings is 1. The molecule has 2 aromatic rings. The van der Waals surface area contributed by atoms with Crippen LogP contribution in [0.2, 0.25) is 0 Å². The molecule has 2 rings (SSSR count). The molecule has 0 radical (unpaired) electrons. The van der Waals surface area contributed by atoms with E-state index in [9.17, 15) is 0 Å². The minimum Gasteiger partial charge on any atom is -0.306 e. The minimum absolute atomic E-state index is 0.244. The Hall–Kier alpha value is 0.570. The van der Waals surface area contributed by atoms with Gasteiger partial charge >= 0.3 is 0 Å². The topological polar surface area (TPSA) is 12.0 Å². The summed E-state index contributed by atoms with van der Waals surface area (Å²) in [5.41, 5.74) is 2.61. The van der Waals surface area contributed by atoms with E-state index in [1.807, 2.05) is 11.3 Å². The van der Waals surface area contributed by atoms with E-state index in [2.05, 4.69) is 97.9 Å². The van der Waals surface area contributed by atoms with Gasteiger partial charge in [0.2, 0.25) is 0 Å². The van der Waals surface area contributed by atoms with E-state index in [1.54, 1.807) is 0 Å². The molecule has 0 aliphatic rings. The van der Waals surface area contributed by atoms with Gasteiger partial charge in [-0.1, -0.05) is 22.9 Å². The van der Waals surface area contributed by atoms with Crippen molar-refractivity contribution in [2.45, 2.75) is 26.3 Å². The Balaban J connectivity index is 2.43. The zero-order valence-electron chi connectivity index (χ0n) is 11.3. The predicted octanol–water partition coefficient (Wildman–Crippen LogP) is 6.28. The molecule has 0 saturated carbocycles. The highest BCUT2D eigenvalue weighted by Crippen LogP contribution is 2.37. The van der Waals surface area contributed by atoms with Crippen LogP contribution in [0, 0.1) is 10.5 Å². The maximum atomic E-state index is 3.70. The van der Waals surface area contributed by atoms with Gasteiger partial charge in [0.05, 0.1) is 9.83 Å². The predicted molar refractivity (Wildman–Crippen MR) is 104 cm³/mol. The van der Waals surface area contributed by atoms with Gasteiger partial charge in [-0.05, 0) is 93.8 Å². The van der Waals surface area contributed by atoms with Crippen molar-refractivity contribution in [1.29, 1.82) is 0 Å². The van der Waals surface area contributed by atoms with Gasteiger partial charge in [0.25, 0.3) is 0 Å². The summed E-state index contributed by atoms with van der Waals surface area (Å²) in [6, 6.07) is 9.03. The number of hydrogen-bond donors (Lipinski definition) is 1. The molecule has 1 aromatic carbocycles. The molecule has 1 nitrogen and oxygen atoms in total. The molecule has 1 unspecified atom stereocenters. The maximum absolute atomic E-state index is 3.70. The maximum Gasteiger partial charge on any atom is 0.0731 e. The monoisotopic (exact) mass is 527 g/mol. The summed E-state index contributed by atoms with van der Waals surface area (Å²) in [7, 11) is 0. The van der Waals surface area contributed by atoms with Crippen LogP contribution < -0.4 is 5.32 Å². The van der Waals surface area contributed by atoms with Crippen molar-refractivity contribution < 1.29 is 0 Å². The van der Waals surface area contributed by atoms with Crippen LogP contribution in [0.5, 0.6) is 0 Å². The number of halogens is 3. The molecular formula is C15H16Br2INS. The van der Waals surface area contributed by atoms with Crippen LogP contribution in [0.25, 0.3) is 0 Å². The van der Waals surface area contributed by atoms with Gasteiger partial charge < -0.3 is 5.32 Å². The van der Waals surface area contributed by atoms with E-state index >= 15 is 0 Å². The number of nitrogens with one attached hydrogen (secondary N) is 1. The average Bonchev–Trinajstić information content (AvgIpc) is 2.74. The van der Waals surface area contributed by atoms with Crippen LogP contribution in [0.15, 0.2) is 32.5 Å². The lowest BCUT2D eigenvalue weighted by atomic mass is 10.0. The van der Waals surface area contributed by atoms with Gasteiger partial charge in [0.1, 0.15) is 0 Å². The van der Waals surface area contributed by atoms with Gasteiger partial charge in [-0.2, -0.15) is 0 Å². The second-order valence-electron chi connectivity index (χ2n) is 4.66. The number of rotatable bonds is 5. The van der Waals surface area contributed by atoms with Gasteiger partial charge in [-0.3, -0.25) is 0 Å². The highest BCUT2D eigenvalue weighted by molar-refractivity contribution is 14.1. The molecule has 1 atom stereocenters. The molecule has 20 heavy (non-hydrogen) atoms. The molecule has 5 heteroatoms. The third kappa shape index (κ3) is 4.06. The van der Waals surface area contributed by atoms with Gasteiger partial charge in [-0.25, -0.2) is 0 Å². The lowest BCUT2D eigenvalue weighted by molar-refractivity contribution is 0.604. The van der Waals surface area contributed by atoms with E-state index < -0.39 is 0 Å². The molecule has 0 amide bonds. The van der Waals surface area contributed by atoms with Crippen molar-refractivity contribution in [1.82, 2.24) is 5.32 Å². The highest BCUT2D eigenvalue weighted by atomic mass is 127. The molecule has 1 heterocycles. The Labute approximate surface area is 155 Å². The normalized spacial score (nSPS) is 12.7. The summed E-state index contributed by atoms with van der Waals surface area (Å²) in [4.78, 5) is 1.35. The largest absolute Gasteiger partial charge is 0.306 e. The number of benzene rings is 1. The van der Waals surface area contributed by atoms with Crippen LogP contribution in [0.3, 0.4) is 0 Å². The summed E-state index contributed by atoms with van der Waals surface area (Å²) in [5.74, 6) is 0. The molecule has 0 saturated heterocycles. The fourth-order valence-corrected chi connectivity index (χ4v) is 4.67. The van der Waals surface area contributed by atoms with Crippen LogP contribution in [0.4, 0.5) is 0 Å². The highest BCUT2D eigenvalue weighted by Gasteiger charge is 2.19. The van der Waals surface area contributed by atoms with Gasteiger partial charge in [0, 0.05) is 12.9 Å². The average molecular weight is 529 g/mol. The van der Waals surface area contributed by atoms with Crippen LogP contribution in [-0.2, 0) is 0 Å². The van der Waals surface area contributed by atoms with Crippen molar-refractivity contribution in [3.8, 4) is 0 Å². The van der Waals surface area contributed by atoms with Gasteiger partial charge in [0.15, 0.2) is 0 Å². The molecule has 0 bridgehead atoms. The van der Waals surface area contributed by atoms with Crippen LogP contribution in [-0.4, -0.2) is 6.54 Å². The zero-order chi connectivity index (χ0) is 14.7. The van der Waals surface area contributed by atoms with E-state index in [4.69, 9.17) is 0 Å². The fraction of sp³-hybridized carbons (Fsp3) is 0.333. The number of aryl methyl sites for hydroxylation is 1. The first kappa shape index (κ1) is 16.9. The van der Waals surface area contributed by atoms with E-state index in [1.165, 1.54) is 23.4 Å². The van der Waals surface area contributed by atoms with Crippen molar-refractivity contribution in [2.24, 2.45) is 0 Å². The molecule has 108 valence electrons. The first-order valence-corrected chi connectivity index (χ1v) is 9.95.